The van der Waals surface area contributed by atoms with Crippen LogP contribution in [0.2, 0.25) is 0 Å². The fourth-order valence-electron chi connectivity index (χ4n) is 3.98. The van der Waals surface area contributed by atoms with E-state index in [0.717, 1.165) is 6.92 Å². The quantitative estimate of drug-likeness (QED) is 0.721. The van der Waals surface area contributed by atoms with Crippen molar-refractivity contribution in [2.75, 3.05) is 12.4 Å². The van der Waals surface area contributed by atoms with Crippen LogP contribution in [0.25, 0.3) is 0 Å². The molecule has 0 bridgehead atoms. The molecule has 0 aliphatic carbocycles. The second-order valence-electron chi connectivity index (χ2n) is 7.76. The van der Waals surface area contributed by atoms with E-state index in [1.807, 2.05) is 0 Å². The highest BCUT2D eigenvalue weighted by molar-refractivity contribution is 5.97. The predicted molar refractivity (Wildman–Crippen MR) is 108 cm³/mol. The minimum atomic E-state index is -4.73. The molecule has 8 nitrogen and oxygen atoms in total. The molecule has 1 aliphatic rings. The minimum absolute atomic E-state index is 0.105. The van der Waals surface area contributed by atoms with Crippen molar-refractivity contribution >= 4 is 17.5 Å². The van der Waals surface area contributed by atoms with Crippen LogP contribution in [0.4, 0.5) is 18.9 Å². The summed E-state index contributed by atoms with van der Waals surface area (Å²) in [6.45, 7) is 3.97. The smallest absolute Gasteiger partial charge is 0.417 e. The van der Waals surface area contributed by atoms with Gasteiger partial charge in [-0.05, 0) is 32.0 Å². The molecule has 2 aromatic heterocycles. The third kappa shape index (κ3) is 3.99. The number of pyridine rings is 2. The zero-order valence-corrected chi connectivity index (χ0v) is 17.9. The van der Waals surface area contributed by atoms with Gasteiger partial charge < -0.3 is 20.5 Å². The Morgan fingerprint density at radius 3 is 2.50 bits per heavy atom. The van der Waals surface area contributed by atoms with Gasteiger partial charge in [0, 0.05) is 35.5 Å². The maximum atomic E-state index is 14.0. The highest BCUT2D eigenvalue weighted by Crippen LogP contribution is 2.54. The monoisotopic (exact) mass is 452 g/mol. The van der Waals surface area contributed by atoms with E-state index >= 15 is 0 Å². The van der Waals surface area contributed by atoms with Crippen molar-refractivity contribution in [1.29, 1.82) is 0 Å². The number of nitrogens with one attached hydrogen (secondary N) is 1. The number of carbonyl (C=O) groups is 2. The van der Waals surface area contributed by atoms with Crippen molar-refractivity contribution in [3.05, 3.63) is 47.5 Å². The number of aryl methyl sites for hydroxylation is 1. The van der Waals surface area contributed by atoms with Crippen LogP contribution >= 0.6 is 0 Å². The van der Waals surface area contributed by atoms with Crippen molar-refractivity contribution < 1.29 is 32.2 Å². The highest BCUT2D eigenvalue weighted by Gasteiger charge is 2.65. The van der Waals surface area contributed by atoms with Crippen molar-refractivity contribution in [2.24, 2.45) is 11.7 Å². The first kappa shape index (κ1) is 23.5. The lowest BCUT2D eigenvalue weighted by Crippen LogP contribution is -2.47. The fraction of sp³-hybridized carbons (Fsp3) is 0.429. The number of nitrogens with zero attached hydrogens (tertiary/aromatic N) is 2. The molecule has 1 saturated heterocycles. The van der Waals surface area contributed by atoms with Gasteiger partial charge in [-0.15, -0.1) is 0 Å². The normalized spacial score (nSPS) is 25.4. The number of carbonyl (C=O) groups excluding carboxylic acids is 2. The lowest BCUT2D eigenvalue weighted by atomic mass is 9.77. The Bertz CT molecular complexity index is 1050. The molecule has 2 aromatic rings. The summed E-state index contributed by atoms with van der Waals surface area (Å²) in [5.41, 5.74) is 3.51. The molecule has 0 radical (unpaired) electrons. The standard InChI is InChI=1S/C21H23F3N4O4/c1-10-15(13-6-8-26-11(2)16(13)31-4)17(32-20(10,3)21(22,23)24)19(30)28-12-5-7-27-14(9-12)18(25)29/h5-10,15,17H,1-4H3,(H2,25,29)(H,27,28,30)/t10-,15-,17+,20-/m1/s1. The van der Waals surface area contributed by atoms with Crippen LogP contribution in [0, 0.1) is 12.8 Å². The van der Waals surface area contributed by atoms with Gasteiger partial charge in [-0.3, -0.25) is 19.6 Å². The van der Waals surface area contributed by atoms with Crippen LogP contribution in [0.3, 0.4) is 0 Å². The lowest BCUT2D eigenvalue weighted by molar-refractivity contribution is -0.272. The van der Waals surface area contributed by atoms with Gasteiger partial charge >= 0.3 is 6.18 Å². The number of hydrogen-bond acceptors (Lipinski definition) is 6. The average Bonchev–Trinajstić information content (AvgIpc) is 3.00. The molecular weight excluding hydrogens is 429 g/mol. The molecule has 0 aromatic carbocycles. The first-order valence-corrected chi connectivity index (χ1v) is 9.71. The summed E-state index contributed by atoms with van der Waals surface area (Å²) in [7, 11) is 1.38. The Balaban J connectivity index is 2.05. The Labute approximate surface area is 182 Å². The first-order chi connectivity index (χ1) is 14.9. The molecule has 0 saturated carbocycles. The summed E-state index contributed by atoms with van der Waals surface area (Å²) in [6, 6.07) is 4.14. The number of alkyl halides is 3. The number of hydrogen-bond donors (Lipinski definition) is 2. The van der Waals surface area contributed by atoms with Crippen molar-refractivity contribution in [3.63, 3.8) is 0 Å². The molecular formula is C21H23F3N4O4. The average molecular weight is 452 g/mol. The maximum Gasteiger partial charge on any atom is 0.417 e. The Kier molecular flexibility index (Phi) is 6.14. The van der Waals surface area contributed by atoms with Gasteiger partial charge in [0.2, 0.25) is 0 Å². The molecule has 1 fully saturated rings. The number of methoxy groups -OCH3 is 1. The largest absolute Gasteiger partial charge is 0.495 e. The van der Waals surface area contributed by atoms with Gasteiger partial charge in [0.25, 0.3) is 11.8 Å². The van der Waals surface area contributed by atoms with Crippen LogP contribution in [0.5, 0.6) is 5.75 Å². The van der Waals surface area contributed by atoms with E-state index in [-0.39, 0.29) is 17.1 Å². The molecule has 4 atom stereocenters. The van der Waals surface area contributed by atoms with E-state index < -0.39 is 41.5 Å². The number of rotatable bonds is 5. The Morgan fingerprint density at radius 1 is 1.25 bits per heavy atom. The lowest BCUT2D eigenvalue weighted by Gasteiger charge is -2.32. The third-order valence-corrected chi connectivity index (χ3v) is 5.88. The van der Waals surface area contributed by atoms with Gasteiger partial charge in [-0.1, -0.05) is 6.92 Å². The molecule has 0 unspecified atom stereocenters. The molecule has 1 aliphatic heterocycles. The third-order valence-electron chi connectivity index (χ3n) is 5.88. The molecule has 11 heteroatoms. The second kappa shape index (κ2) is 8.38. The molecule has 3 rings (SSSR count). The van der Waals surface area contributed by atoms with Gasteiger partial charge in [0.15, 0.2) is 5.60 Å². The fourth-order valence-corrected chi connectivity index (χ4v) is 3.98. The number of nitrogens with two attached hydrogens (primary N) is 1. The molecule has 172 valence electrons. The Hall–Kier alpha value is -3.21. The van der Waals surface area contributed by atoms with E-state index in [0.29, 0.717) is 11.3 Å². The number of anilines is 1. The van der Waals surface area contributed by atoms with Gasteiger partial charge in [0.1, 0.15) is 17.5 Å². The summed E-state index contributed by atoms with van der Waals surface area (Å²) >= 11 is 0. The van der Waals surface area contributed by atoms with Crippen LogP contribution in [0.15, 0.2) is 30.6 Å². The van der Waals surface area contributed by atoms with Gasteiger partial charge in [0.05, 0.1) is 12.8 Å². The maximum absolute atomic E-state index is 14.0. The SMILES string of the molecule is COc1c([C@@H]2[C@@H](C(=O)Nc3ccnc(C(N)=O)c3)O[C@@](C)(C(F)(F)F)[C@@H]2C)ccnc1C. The number of ether oxygens (including phenoxy) is 2. The van der Waals surface area contributed by atoms with E-state index in [1.165, 1.54) is 44.6 Å². The Morgan fingerprint density at radius 2 is 1.91 bits per heavy atom. The van der Waals surface area contributed by atoms with Gasteiger partial charge in [-0.2, -0.15) is 13.2 Å². The van der Waals surface area contributed by atoms with Crippen LogP contribution < -0.4 is 15.8 Å². The zero-order chi connectivity index (χ0) is 23.8. The molecule has 2 amide bonds. The number of amides is 2. The summed E-state index contributed by atoms with van der Waals surface area (Å²) in [4.78, 5) is 32.4. The van der Waals surface area contributed by atoms with Crippen LogP contribution in [-0.4, -0.2) is 46.8 Å². The summed E-state index contributed by atoms with van der Waals surface area (Å²) in [5, 5.41) is 2.51. The van der Waals surface area contributed by atoms with E-state index in [1.54, 1.807) is 6.92 Å². The minimum Gasteiger partial charge on any atom is -0.495 e. The predicted octanol–water partition coefficient (Wildman–Crippen LogP) is 2.97. The van der Waals surface area contributed by atoms with Crippen LogP contribution in [-0.2, 0) is 9.53 Å². The molecule has 3 heterocycles. The number of halogens is 3. The van der Waals surface area contributed by atoms with Crippen molar-refractivity contribution in [2.45, 2.75) is 44.6 Å². The number of aromatic nitrogens is 2. The summed E-state index contributed by atoms with van der Waals surface area (Å²) < 4.78 is 52.8. The summed E-state index contributed by atoms with van der Waals surface area (Å²) in [5.74, 6) is -3.46. The van der Waals surface area contributed by atoms with E-state index in [2.05, 4.69) is 15.3 Å². The zero-order valence-electron chi connectivity index (χ0n) is 17.9. The van der Waals surface area contributed by atoms with Crippen molar-refractivity contribution in [1.82, 2.24) is 9.97 Å². The summed E-state index contributed by atoms with van der Waals surface area (Å²) in [6.07, 6.45) is -3.54. The molecule has 32 heavy (non-hydrogen) atoms. The van der Waals surface area contributed by atoms with E-state index in [4.69, 9.17) is 15.2 Å². The number of primary amides is 1. The molecule has 3 N–H and O–H groups in total. The van der Waals surface area contributed by atoms with E-state index in [9.17, 15) is 22.8 Å². The second-order valence-corrected chi connectivity index (χ2v) is 7.76. The van der Waals surface area contributed by atoms with Crippen molar-refractivity contribution in [3.8, 4) is 5.75 Å². The van der Waals surface area contributed by atoms with Crippen LogP contribution in [0.1, 0.15) is 41.5 Å². The topological polar surface area (TPSA) is 116 Å². The first-order valence-electron chi connectivity index (χ1n) is 9.71. The molecule has 0 spiro atoms. The van der Waals surface area contributed by atoms with Gasteiger partial charge in [-0.25, -0.2) is 0 Å². The highest BCUT2D eigenvalue weighted by atomic mass is 19.4.